The lowest BCUT2D eigenvalue weighted by Gasteiger charge is -2.32. The number of aryl methyl sites for hydroxylation is 1. The molecule has 2 fully saturated rings. The van der Waals surface area contributed by atoms with Crippen LogP contribution >= 0.6 is 0 Å². The first-order valence-electron chi connectivity index (χ1n) is 37.1. The minimum absolute atomic E-state index is 0.0177. The van der Waals surface area contributed by atoms with Crippen molar-refractivity contribution in [2.45, 2.75) is 95.7 Å². The number of methoxy groups -OCH3 is 1. The predicted molar refractivity (Wildman–Crippen MR) is 393 cm³/mol. The quantitative estimate of drug-likeness (QED) is 0.0116. The topological polar surface area (TPSA) is 415 Å². The zero-order valence-corrected chi connectivity index (χ0v) is 62.4. The third-order valence-electron chi connectivity index (χ3n) is 18.7. The first-order valence-corrected chi connectivity index (χ1v) is 37.1. The summed E-state index contributed by atoms with van der Waals surface area (Å²) in [5.74, 6) is -9.64. The van der Waals surface area contributed by atoms with Crippen molar-refractivity contribution in [2.24, 2.45) is 11.8 Å². The number of amides is 9. The molecule has 3 atom stereocenters. The molecule has 604 valence electrons. The van der Waals surface area contributed by atoms with Crippen molar-refractivity contribution in [1.29, 1.82) is 0 Å². The normalized spacial score (nSPS) is 15.9. The second kappa shape index (κ2) is 42.0. The van der Waals surface area contributed by atoms with Gasteiger partial charge in [-0.3, -0.25) is 47.9 Å². The van der Waals surface area contributed by atoms with Crippen molar-refractivity contribution in [3.8, 4) is 17.1 Å². The molecule has 5 aliphatic rings. The third kappa shape index (κ3) is 24.0. The molecule has 0 radical (unpaired) electrons. The van der Waals surface area contributed by atoms with Gasteiger partial charge in [-0.05, 0) is 79.3 Å². The van der Waals surface area contributed by atoms with Gasteiger partial charge in [0.2, 0.25) is 35.4 Å². The summed E-state index contributed by atoms with van der Waals surface area (Å²) in [5.41, 5.74) is 0.155. The van der Waals surface area contributed by atoms with Gasteiger partial charge in [0.05, 0.1) is 166 Å². The second-order valence-electron chi connectivity index (χ2n) is 27.0. The average molecular weight is 1570 g/mol. The third-order valence-corrected chi connectivity index (χ3v) is 18.7. The first-order chi connectivity index (χ1) is 54.2. The number of nitrogens with one attached hydrogen (secondary N) is 7. The van der Waals surface area contributed by atoms with Crippen LogP contribution in [0.25, 0.3) is 22.3 Å². The molecule has 3 aromatic carbocycles. The number of fused-ring (bicyclic) bond motifs is 5. The molecule has 2 saturated carbocycles. The highest BCUT2D eigenvalue weighted by Gasteiger charge is 2.50. The number of hydrogen-bond acceptors (Lipinski definition) is 24. The van der Waals surface area contributed by atoms with E-state index in [1.54, 1.807) is 56.5 Å². The van der Waals surface area contributed by atoms with Crippen LogP contribution in [0.1, 0.15) is 88.7 Å². The van der Waals surface area contributed by atoms with Gasteiger partial charge < -0.3 is 99.0 Å². The van der Waals surface area contributed by atoms with Crippen LogP contribution in [0.3, 0.4) is 0 Å². The van der Waals surface area contributed by atoms with Crippen LogP contribution in [0.2, 0.25) is 0 Å². The highest BCUT2D eigenvalue weighted by atomic mass is 19.1. The second-order valence-corrected chi connectivity index (χ2v) is 27.0. The number of nitrogens with zero attached hydrogens (tertiary/aromatic N) is 3. The molecule has 112 heavy (non-hydrogen) atoms. The number of imide groups is 1. The van der Waals surface area contributed by atoms with Crippen molar-refractivity contribution in [2.75, 3.05) is 151 Å². The number of anilines is 1. The Morgan fingerprint density at radius 1 is 0.652 bits per heavy atom. The zero-order chi connectivity index (χ0) is 79.5. The molecule has 0 unspecified atom stereocenters. The average Bonchev–Trinajstić information content (AvgIpc) is 1.61. The fraction of sp³-hybridized carbons (Fsp3) is 0.506. The van der Waals surface area contributed by atoms with Crippen LogP contribution in [0.4, 0.5) is 14.5 Å². The van der Waals surface area contributed by atoms with Crippen LogP contribution in [0.15, 0.2) is 77.6 Å². The Kier molecular flexibility index (Phi) is 31.6. The number of esters is 1. The Hall–Kier alpha value is -10.1. The maximum atomic E-state index is 15.8. The van der Waals surface area contributed by atoms with E-state index in [1.807, 2.05) is 0 Å². The molecule has 2 aromatic heterocycles. The maximum Gasteiger partial charge on any atom is 0.343 e. The molecule has 9 amide bonds. The SMILES string of the molecule is COCCOCCOCCOCCOCCOCCOCCOCCNC(=O)c1cc(N2C(=O)C=CC2=O)cc(F)c1OCCCC(=O)NCC(=O)NCC(=O)N[C@@H](Cc1ccccc1)C(=O)NCC(=O)NCO[C@@H](C(=O)NCc1c2c(nc3cc(F)c(C)cc13)-c1cc3c(c(=O)n1C2)COC(=O)[C@]3(O)CC1CC1)C1CC1. The fourth-order valence-electron chi connectivity index (χ4n) is 12.6. The first kappa shape index (κ1) is 84.4. The van der Waals surface area contributed by atoms with Crippen LogP contribution in [0, 0.1) is 30.4 Å². The van der Waals surface area contributed by atoms with Crippen molar-refractivity contribution in [1.82, 2.24) is 46.8 Å². The summed E-state index contributed by atoms with van der Waals surface area (Å²) in [6.45, 7) is 4.10. The maximum absolute atomic E-state index is 15.8. The molecule has 2 aliphatic carbocycles. The number of carbonyl (C=O) groups is 10. The number of aromatic nitrogens is 2. The number of pyridine rings is 2. The Morgan fingerprint density at radius 2 is 1.26 bits per heavy atom. The molecule has 0 bridgehead atoms. The molecule has 33 nitrogen and oxygen atoms in total. The summed E-state index contributed by atoms with van der Waals surface area (Å²) in [5, 5.41) is 30.3. The molecule has 5 heterocycles. The highest BCUT2D eigenvalue weighted by molar-refractivity contribution is 6.28. The van der Waals surface area contributed by atoms with E-state index in [2.05, 4.69) is 37.2 Å². The van der Waals surface area contributed by atoms with Gasteiger partial charge in [0.25, 0.3) is 23.3 Å². The van der Waals surface area contributed by atoms with E-state index in [0.29, 0.717) is 136 Å². The minimum atomic E-state index is -2.04. The summed E-state index contributed by atoms with van der Waals surface area (Å²) in [6, 6.07) is 13.8. The summed E-state index contributed by atoms with van der Waals surface area (Å²) in [6.07, 6.45) is 3.68. The van der Waals surface area contributed by atoms with Crippen LogP contribution < -0.4 is 52.4 Å². The van der Waals surface area contributed by atoms with E-state index in [9.17, 15) is 57.8 Å². The zero-order valence-electron chi connectivity index (χ0n) is 62.4. The molecule has 35 heteroatoms. The standard InChI is InChI=1S/C77H94F2N10O23/c1-47-33-52-54(55-44-88-62(69(55)87-60(52)38-58(47)78)37-57-56(75(88)99)45-111-76(100)77(57,101)39-49-10-11-49)40-83-74(98)70(50-12-13-50)112-46-85-65(92)42-84-73(97)61(34-48-7-4-3-5-8-48)86-66(93)43-82-64(91)41-81-63(90)9-6-17-110-71-53(35-51(36-59(71)79)89-67(94)14-15-68(89)95)72(96)80-16-18-103-21-22-105-25-26-107-29-30-109-32-31-108-28-27-106-24-23-104-20-19-102-2/h3-5,7-8,14-15,33,35-38,49-50,61,70,101H,6,9-13,16-32,34,39-46H2,1-2H3,(H,80,96)(H,81,90)(H,82,91)(H,83,98)(H,84,97)(H,85,92)(H,86,93)/t61-,70+,77-/m0/s1. The van der Waals surface area contributed by atoms with Crippen molar-refractivity contribution in [3.63, 3.8) is 0 Å². The van der Waals surface area contributed by atoms with Gasteiger partial charge in [-0.15, -0.1) is 0 Å². The molecule has 3 aliphatic heterocycles. The number of halogens is 2. The number of carbonyl (C=O) groups excluding carboxylic acids is 10. The van der Waals surface area contributed by atoms with Gasteiger partial charge in [-0.1, -0.05) is 43.2 Å². The number of cyclic esters (lactones) is 1. The molecule has 5 aromatic rings. The fourth-order valence-corrected chi connectivity index (χ4v) is 12.6. The number of hydrogen-bond donors (Lipinski definition) is 8. The molecule has 8 N–H and O–H groups in total. The van der Waals surface area contributed by atoms with E-state index in [0.717, 1.165) is 37.1 Å². The molecule has 0 saturated heterocycles. The van der Waals surface area contributed by atoms with Crippen LogP contribution in [-0.2, 0) is 122 Å². The van der Waals surface area contributed by atoms with Crippen molar-refractivity contribution < 1.29 is 114 Å². The highest BCUT2D eigenvalue weighted by Crippen LogP contribution is 2.46. The lowest BCUT2D eigenvalue weighted by Crippen LogP contribution is -2.52. The predicted octanol–water partition coefficient (Wildman–Crippen LogP) is 1.40. The van der Waals surface area contributed by atoms with E-state index in [-0.39, 0.29) is 118 Å². The van der Waals surface area contributed by atoms with Crippen LogP contribution in [0.5, 0.6) is 5.75 Å². The smallest absolute Gasteiger partial charge is 0.343 e. The number of rotatable bonds is 50. The monoisotopic (exact) mass is 1560 g/mol. The molecule has 0 spiro atoms. The number of ether oxygens (including phenoxy) is 11. The van der Waals surface area contributed by atoms with Gasteiger partial charge in [0, 0.05) is 73.8 Å². The van der Waals surface area contributed by atoms with E-state index >= 15 is 8.78 Å². The Morgan fingerprint density at radius 3 is 1.89 bits per heavy atom. The van der Waals surface area contributed by atoms with E-state index < -0.39 is 126 Å². The minimum Gasteiger partial charge on any atom is -0.490 e. The van der Waals surface area contributed by atoms with Crippen molar-refractivity contribution >= 4 is 75.7 Å². The van der Waals surface area contributed by atoms with Crippen molar-refractivity contribution in [3.05, 3.63) is 134 Å². The van der Waals surface area contributed by atoms with Gasteiger partial charge in [0.1, 0.15) is 31.3 Å². The van der Waals surface area contributed by atoms with Gasteiger partial charge in [-0.2, -0.15) is 0 Å². The van der Waals surface area contributed by atoms with Crippen LogP contribution in [-0.4, -0.2) is 232 Å². The van der Waals surface area contributed by atoms with E-state index in [1.165, 1.54) is 10.6 Å². The number of aliphatic hydroxyl groups is 1. The Balaban J connectivity index is 0.617. The van der Waals surface area contributed by atoms with Gasteiger partial charge in [-0.25, -0.2) is 23.5 Å². The largest absolute Gasteiger partial charge is 0.490 e. The Labute approximate surface area is 643 Å². The van der Waals surface area contributed by atoms with Gasteiger partial charge >= 0.3 is 5.97 Å². The summed E-state index contributed by atoms with van der Waals surface area (Å²) >= 11 is 0. The summed E-state index contributed by atoms with van der Waals surface area (Å²) < 4.78 is 92.6. The summed E-state index contributed by atoms with van der Waals surface area (Å²) in [7, 11) is 1.61. The lowest BCUT2D eigenvalue weighted by atomic mass is 9.84. The van der Waals surface area contributed by atoms with Gasteiger partial charge in [0.15, 0.2) is 17.2 Å². The van der Waals surface area contributed by atoms with E-state index in [4.69, 9.17) is 57.1 Å². The lowest BCUT2D eigenvalue weighted by molar-refractivity contribution is -0.173. The Bertz CT molecular complexity index is 4270. The molecule has 10 rings (SSSR count). The molecular weight excluding hydrogens is 1470 g/mol. The number of benzene rings is 3. The molecular formula is C77H94F2N10O23. The summed E-state index contributed by atoms with van der Waals surface area (Å²) in [4.78, 5) is 151.